The van der Waals surface area contributed by atoms with Crippen LogP contribution in [-0.2, 0) is 16.0 Å². The molecule has 0 saturated carbocycles. The number of methoxy groups -OCH3 is 2. The van der Waals surface area contributed by atoms with E-state index in [1.54, 1.807) is 48.0 Å². The summed E-state index contributed by atoms with van der Waals surface area (Å²) >= 11 is 0. The number of benzene rings is 1. The predicted molar refractivity (Wildman–Crippen MR) is 104 cm³/mol. The number of ether oxygens (including phenoxy) is 4. The standard InChI is InChI=1S/C21H27NO6/c1-7-27-20(23)18-13(3)22(14(4)19(18)21(24)28-8-2)12-15-9-16(25-5)11-17(10-15)26-6/h9-11H,7-8,12H2,1-6H3. The van der Waals surface area contributed by atoms with Crippen LogP contribution in [0.15, 0.2) is 18.2 Å². The Hall–Kier alpha value is -2.96. The van der Waals surface area contributed by atoms with Crippen molar-refractivity contribution in [3.05, 3.63) is 46.3 Å². The van der Waals surface area contributed by atoms with E-state index < -0.39 is 11.9 Å². The SMILES string of the molecule is CCOC(=O)c1c(C(=O)OCC)c(C)n(Cc2cc(OC)cc(OC)c2)c1C. The molecule has 0 aliphatic carbocycles. The van der Waals surface area contributed by atoms with Gasteiger partial charge in [0, 0.05) is 24.0 Å². The zero-order chi connectivity index (χ0) is 20.8. The van der Waals surface area contributed by atoms with Crippen LogP contribution in [0.5, 0.6) is 11.5 Å². The molecule has 2 rings (SSSR count). The van der Waals surface area contributed by atoms with Gasteiger partial charge in [0.2, 0.25) is 0 Å². The molecular formula is C21H27NO6. The van der Waals surface area contributed by atoms with Crippen molar-refractivity contribution in [1.82, 2.24) is 4.57 Å². The Bertz CT molecular complexity index is 805. The highest BCUT2D eigenvalue weighted by atomic mass is 16.5. The molecule has 7 heteroatoms. The highest BCUT2D eigenvalue weighted by molar-refractivity contribution is 6.05. The first kappa shape index (κ1) is 21.3. The topological polar surface area (TPSA) is 76.0 Å². The minimum absolute atomic E-state index is 0.220. The van der Waals surface area contributed by atoms with Crippen molar-refractivity contribution in [2.24, 2.45) is 0 Å². The fourth-order valence-electron chi connectivity index (χ4n) is 3.17. The maximum Gasteiger partial charge on any atom is 0.340 e. The summed E-state index contributed by atoms with van der Waals surface area (Å²) in [6.07, 6.45) is 0. The highest BCUT2D eigenvalue weighted by Crippen LogP contribution is 2.28. The molecule has 1 heterocycles. The minimum Gasteiger partial charge on any atom is -0.497 e. The molecular weight excluding hydrogens is 362 g/mol. The molecule has 0 bridgehead atoms. The average molecular weight is 389 g/mol. The first-order valence-corrected chi connectivity index (χ1v) is 9.13. The largest absolute Gasteiger partial charge is 0.497 e. The van der Waals surface area contributed by atoms with E-state index in [4.69, 9.17) is 18.9 Å². The Morgan fingerprint density at radius 3 is 1.61 bits per heavy atom. The van der Waals surface area contributed by atoms with Gasteiger partial charge >= 0.3 is 11.9 Å². The number of aromatic nitrogens is 1. The molecule has 0 unspecified atom stereocenters. The van der Waals surface area contributed by atoms with Gasteiger partial charge in [-0.15, -0.1) is 0 Å². The van der Waals surface area contributed by atoms with Crippen LogP contribution >= 0.6 is 0 Å². The van der Waals surface area contributed by atoms with Gasteiger partial charge in [0.05, 0.1) is 38.6 Å². The number of hydrogen-bond donors (Lipinski definition) is 0. The van der Waals surface area contributed by atoms with E-state index in [0.29, 0.717) is 29.4 Å². The first-order chi connectivity index (χ1) is 13.4. The molecule has 0 saturated heterocycles. The van der Waals surface area contributed by atoms with Crippen molar-refractivity contribution in [2.45, 2.75) is 34.2 Å². The molecule has 0 radical (unpaired) electrons. The number of nitrogens with zero attached hydrogens (tertiary/aromatic N) is 1. The van der Waals surface area contributed by atoms with Crippen LogP contribution < -0.4 is 9.47 Å². The van der Waals surface area contributed by atoms with Gasteiger partial charge in [-0.3, -0.25) is 0 Å². The van der Waals surface area contributed by atoms with E-state index in [1.807, 2.05) is 16.7 Å². The van der Waals surface area contributed by atoms with Crippen LogP contribution in [-0.4, -0.2) is 43.9 Å². The van der Waals surface area contributed by atoms with E-state index >= 15 is 0 Å². The molecule has 1 aromatic carbocycles. The predicted octanol–water partition coefficient (Wildman–Crippen LogP) is 3.52. The Morgan fingerprint density at radius 1 is 0.821 bits per heavy atom. The van der Waals surface area contributed by atoms with E-state index in [0.717, 1.165) is 5.56 Å². The zero-order valence-corrected chi connectivity index (χ0v) is 17.3. The summed E-state index contributed by atoms with van der Waals surface area (Å²) in [6, 6.07) is 5.55. The van der Waals surface area contributed by atoms with E-state index in [2.05, 4.69) is 0 Å². The molecule has 1 aromatic heterocycles. The summed E-state index contributed by atoms with van der Waals surface area (Å²) in [7, 11) is 3.17. The van der Waals surface area contributed by atoms with Gasteiger partial charge in [0.25, 0.3) is 0 Å². The number of esters is 2. The van der Waals surface area contributed by atoms with Gasteiger partial charge < -0.3 is 23.5 Å². The summed E-state index contributed by atoms with van der Waals surface area (Å²) in [5, 5.41) is 0. The lowest BCUT2D eigenvalue weighted by Gasteiger charge is -2.13. The van der Waals surface area contributed by atoms with Crippen LogP contribution in [0.25, 0.3) is 0 Å². The van der Waals surface area contributed by atoms with Gasteiger partial charge in [-0.2, -0.15) is 0 Å². The van der Waals surface area contributed by atoms with Crippen molar-refractivity contribution in [1.29, 1.82) is 0 Å². The molecule has 0 aliphatic heterocycles. The third kappa shape index (κ3) is 4.30. The van der Waals surface area contributed by atoms with Crippen LogP contribution in [0.4, 0.5) is 0 Å². The third-order valence-corrected chi connectivity index (χ3v) is 4.49. The highest BCUT2D eigenvalue weighted by Gasteiger charge is 2.29. The summed E-state index contributed by atoms with van der Waals surface area (Å²) in [5.41, 5.74) is 2.67. The van der Waals surface area contributed by atoms with Gasteiger partial charge in [-0.05, 0) is 45.4 Å². The van der Waals surface area contributed by atoms with Gasteiger partial charge in [0.1, 0.15) is 11.5 Å². The molecule has 0 aliphatic rings. The number of rotatable bonds is 8. The van der Waals surface area contributed by atoms with Gasteiger partial charge in [0.15, 0.2) is 0 Å². The Morgan fingerprint density at radius 2 is 1.25 bits per heavy atom. The van der Waals surface area contributed by atoms with E-state index in [-0.39, 0.29) is 24.3 Å². The zero-order valence-electron chi connectivity index (χ0n) is 17.3. The smallest absolute Gasteiger partial charge is 0.340 e. The average Bonchev–Trinajstić information content (AvgIpc) is 2.92. The molecule has 0 atom stereocenters. The quantitative estimate of drug-likeness (QED) is 0.643. The molecule has 0 N–H and O–H groups in total. The van der Waals surface area contributed by atoms with Crippen molar-refractivity contribution in [3.8, 4) is 11.5 Å². The van der Waals surface area contributed by atoms with Crippen LogP contribution in [0, 0.1) is 13.8 Å². The summed E-state index contributed by atoms with van der Waals surface area (Å²) in [5.74, 6) is 0.252. The minimum atomic E-state index is -0.534. The molecule has 0 spiro atoms. The Labute approximate surface area is 165 Å². The maximum atomic E-state index is 12.5. The normalized spacial score (nSPS) is 10.5. The lowest BCUT2D eigenvalue weighted by molar-refractivity contribution is 0.0479. The molecule has 2 aromatic rings. The van der Waals surface area contributed by atoms with Crippen LogP contribution in [0.3, 0.4) is 0 Å². The van der Waals surface area contributed by atoms with Crippen molar-refractivity contribution >= 4 is 11.9 Å². The van der Waals surface area contributed by atoms with Crippen LogP contribution in [0.2, 0.25) is 0 Å². The molecule has 152 valence electrons. The number of carbonyl (C=O) groups excluding carboxylic acids is 2. The third-order valence-electron chi connectivity index (χ3n) is 4.49. The fourth-order valence-corrected chi connectivity index (χ4v) is 3.17. The van der Waals surface area contributed by atoms with E-state index in [1.165, 1.54) is 0 Å². The lowest BCUT2D eigenvalue weighted by Crippen LogP contribution is -2.13. The van der Waals surface area contributed by atoms with Crippen LogP contribution in [0.1, 0.15) is 51.5 Å². The summed E-state index contributed by atoms with van der Waals surface area (Å²) < 4.78 is 22.9. The Balaban J connectivity index is 2.57. The molecule has 7 nitrogen and oxygen atoms in total. The second-order valence-electron chi connectivity index (χ2n) is 6.17. The molecule has 0 fully saturated rings. The molecule has 28 heavy (non-hydrogen) atoms. The van der Waals surface area contributed by atoms with Crippen molar-refractivity contribution < 1.29 is 28.5 Å². The lowest BCUT2D eigenvalue weighted by atomic mass is 10.1. The first-order valence-electron chi connectivity index (χ1n) is 9.13. The molecule has 0 amide bonds. The number of hydrogen-bond acceptors (Lipinski definition) is 6. The number of carbonyl (C=O) groups is 2. The van der Waals surface area contributed by atoms with Crippen molar-refractivity contribution in [3.63, 3.8) is 0 Å². The van der Waals surface area contributed by atoms with Gasteiger partial charge in [-0.25, -0.2) is 9.59 Å². The van der Waals surface area contributed by atoms with E-state index in [9.17, 15) is 9.59 Å². The maximum absolute atomic E-state index is 12.5. The second kappa shape index (κ2) is 9.30. The van der Waals surface area contributed by atoms with Crippen molar-refractivity contribution in [2.75, 3.05) is 27.4 Å². The summed E-state index contributed by atoms with van der Waals surface area (Å²) in [6.45, 7) is 7.90. The fraction of sp³-hybridized carbons (Fsp3) is 0.429. The monoisotopic (exact) mass is 389 g/mol. The summed E-state index contributed by atoms with van der Waals surface area (Å²) in [4.78, 5) is 25.1. The second-order valence-corrected chi connectivity index (χ2v) is 6.17. The van der Waals surface area contributed by atoms with Gasteiger partial charge in [-0.1, -0.05) is 0 Å². The Kier molecular flexibility index (Phi) is 7.09.